The van der Waals surface area contributed by atoms with Crippen LogP contribution in [0.2, 0.25) is 0 Å². The van der Waals surface area contributed by atoms with Gasteiger partial charge in [0.15, 0.2) is 22.9 Å². The molecule has 3 rings (SSSR count). The van der Waals surface area contributed by atoms with Crippen LogP contribution in [-0.4, -0.2) is 83.2 Å². The number of aromatic nitrogens is 2. The number of rotatable bonds is 13. The third-order valence-electron chi connectivity index (χ3n) is 6.67. The molecule has 0 bridgehead atoms. The number of nitrogens with zero attached hydrogens (tertiary/aromatic N) is 1. The SMILES string of the molecule is CCOC(=O)C(C)(COP(=O)(OC)OC[C@H]1O[C@@H](n2ccc(=O)[nH]c2=O)[C@@H]2OC(C)(C)O[C@@H]21)C(=O)CSC(=O)C(C)(C)C. The number of esters is 1. The summed E-state index contributed by atoms with van der Waals surface area (Å²) >= 11 is 0.759. The van der Waals surface area contributed by atoms with Crippen molar-refractivity contribution in [3.63, 3.8) is 0 Å². The van der Waals surface area contributed by atoms with E-state index in [0.29, 0.717) is 0 Å². The first-order valence-electron chi connectivity index (χ1n) is 13.5. The minimum absolute atomic E-state index is 0.0340. The molecule has 2 saturated heterocycles. The summed E-state index contributed by atoms with van der Waals surface area (Å²) in [5, 5.41) is -0.252. The van der Waals surface area contributed by atoms with Gasteiger partial charge < -0.3 is 18.9 Å². The van der Waals surface area contributed by atoms with Gasteiger partial charge in [-0.15, -0.1) is 0 Å². The van der Waals surface area contributed by atoms with Gasteiger partial charge in [0, 0.05) is 24.8 Å². The summed E-state index contributed by atoms with van der Waals surface area (Å²) in [5.74, 6) is -3.01. The zero-order valence-electron chi connectivity index (χ0n) is 25.4. The van der Waals surface area contributed by atoms with Crippen LogP contribution in [0.25, 0.3) is 0 Å². The first-order chi connectivity index (χ1) is 19.9. The van der Waals surface area contributed by atoms with Crippen LogP contribution in [0.4, 0.5) is 0 Å². The standard InChI is InChI=1S/C26H39N2O13PS/c1-9-36-21(31)26(7,16(29)13-43-22(32)24(2,3)4)14-38-42(34,35-8)37-12-15-18-19(41-25(5,6)40-18)20(39-15)28-11-10-17(30)27-23(28)33/h10-11,15,18-20H,9,12-14H2,1-8H3,(H,27,30,33)/t15-,18-,19-,20-,26?,42?/m1/s1. The van der Waals surface area contributed by atoms with Gasteiger partial charge in [-0.05, 0) is 27.7 Å². The van der Waals surface area contributed by atoms with Crippen LogP contribution in [-0.2, 0) is 51.5 Å². The molecule has 2 fully saturated rings. The molecule has 0 radical (unpaired) electrons. The lowest BCUT2D eigenvalue weighted by Gasteiger charge is -2.28. The maximum absolute atomic E-state index is 13.4. The summed E-state index contributed by atoms with van der Waals surface area (Å²) in [7, 11) is -3.36. The molecule has 1 aromatic rings. The lowest BCUT2D eigenvalue weighted by Crippen LogP contribution is -2.43. The van der Waals surface area contributed by atoms with E-state index in [9.17, 15) is 28.5 Å². The van der Waals surface area contributed by atoms with Crippen molar-refractivity contribution < 1.29 is 51.5 Å². The Labute approximate surface area is 252 Å². The van der Waals surface area contributed by atoms with E-state index in [0.717, 1.165) is 29.5 Å². The average Bonchev–Trinajstić information content (AvgIpc) is 3.41. The van der Waals surface area contributed by atoms with Crippen molar-refractivity contribution in [2.24, 2.45) is 10.8 Å². The van der Waals surface area contributed by atoms with Crippen molar-refractivity contribution in [3.8, 4) is 0 Å². The number of hydrogen-bond acceptors (Lipinski definition) is 14. The zero-order chi connectivity index (χ0) is 32.4. The van der Waals surface area contributed by atoms with E-state index in [1.807, 2.05) is 0 Å². The maximum Gasteiger partial charge on any atom is 0.474 e. The van der Waals surface area contributed by atoms with Gasteiger partial charge in [0.05, 0.1) is 25.6 Å². The number of hydrogen-bond donors (Lipinski definition) is 1. The molecule has 3 heterocycles. The molecule has 15 nitrogen and oxygen atoms in total. The quantitative estimate of drug-likeness (QED) is 0.186. The van der Waals surface area contributed by atoms with Gasteiger partial charge in [-0.2, -0.15) is 0 Å². The van der Waals surface area contributed by atoms with E-state index >= 15 is 0 Å². The summed E-state index contributed by atoms with van der Waals surface area (Å²) in [4.78, 5) is 64.5. The molecule has 1 N–H and O–H groups in total. The third kappa shape index (κ3) is 8.31. The fourth-order valence-corrected chi connectivity index (χ4v) is 6.26. The van der Waals surface area contributed by atoms with Gasteiger partial charge in [0.2, 0.25) is 0 Å². The Morgan fingerprint density at radius 3 is 2.35 bits per heavy atom. The fourth-order valence-electron chi connectivity index (χ4n) is 4.21. The molecule has 43 heavy (non-hydrogen) atoms. The average molecular weight is 651 g/mol. The second kappa shape index (κ2) is 13.4. The van der Waals surface area contributed by atoms with Crippen molar-refractivity contribution in [2.45, 2.75) is 78.8 Å². The van der Waals surface area contributed by atoms with Crippen LogP contribution in [0.5, 0.6) is 0 Å². The normalized spacial score (nSPS) is 25.9. The lowest BCUT2D eigenvalue weighted by atomic mass is 9.87. The number of Topliss-reactive ketones (excluding diaryl/α,β-unsaturated/α-hetero) is 1. The van der Waals surface area contributed by atoms with Crippen molar-refractivity contribution in [3.05, 3.63) is 33.1 Å². The van der Waals surface area contributed by atoms with Gasteiger partial charge >= 0.3 is 19.5 Å². The smallest absolute Gasteiger partial charge is 0.465 e. The highest BCUT2D eigenvalue weighted by atomic mass is 32.2. The molecule has 0 saturated carbocycles. The largest absolute Gasteiger partial charge is 0.474 e. The van der Waals surface area contributed by atoms with Crippen molar-refractivity contribution in [2.75, 3.05) is 32.7 Å². The molecule has 17 heteroatoms. The second-order valence-electron chi connectivity index (χ2n) is 11.6. The summed E-state index contributed by atoms with van der Waals surface area (Å²) in [6.07, 6.45) is -2.29. The summed E-state index contributed by atoms with van der Waals surface area (Å²) in [6.45, 7) is 10.1. The fraction of sp³-hybridized carbons (Fsp3) is 0.731. The molecule has 2 unspecified atom stereocenters. The molecular weight excluding hydrogens is 611 g/mol. The predicted molar refractivity (Wildman–Crippen MR) is 152 cm³/mol. The van der Waals surface area contributed by atoms with Crippen LogP contribution >= 0.6 is 19.6 Å². The maximum atomic E-state index is 13.4. The number of aromatic amines is 1. The highest BCUT2D eigenvalue weighted by Crippen LogP contribution is 2.51. The first-order valence-corrected chi connectivity index (χ1v) is 16.0. The molecule has 6 atom stereocenters. The highest BCUT2D eigenvalue weighted by Gasteiger charge is 2.56. The Morgan fingerprint density at radius 1 is 1.12 bits per heavy atom. The van der Waals surface area contributed by atoms with E-state index < -0.39 is 85.2 Å². The predicted octanol–water partition coefficient (Wildman–Crippen LogP) is 2.19. The number of H-pyrrole nitrogens is 1. The number of ether oxygens (including phenoxy) is 4. The van der Waals surface area contributed by atoms with Crippen LogP contribution in [0.3, 0.4) is 0 Å². The molecule has 0 aliphatic carbocycles. The van der Waals surface area contributed by atoms with Crippen molar-refractivity contribution in [1.29, 1.82) is 0 Å². The van der Waals surface area contributed by atoms with Gasteiger partial charge in [-0.25, -0.2) is 9.36 Å². The van der Waals surface area contributed by atoms with Gasteiger partial charge in [-0.1, -0.05) is 32.5 Å². The minimum Gasteiger partial charge on any atom is -0.465 e. The van der Waals surface area contributed by atoms with E-state index in [2.05, 4.69) is 4.98 Å². The number of carbonyl (C=O) groups excluding carboxylic acids is 3. The lowest BCUT2D eigenvalue weighted by molar-refractivity contribution is -0.200. The number of fused-ring (bicyclic) bond motifs is 1. The number of phosphoric ester groups is 1. The Balaban J connectivity index is 1.74. The molecule has 2 aliphatic heterocycles. The minimum atomic E-state index is -4.41. The van der Waals surface area contributed by atoms with Gasteiger partial charge in [-0.3, -0.25) is 42.3 Å². The zero-order valence-corrected chi connectivity index (χ0v) is 27.1. The van der Waals surface area contributed by atoms with Gasteiger partial charge in [0.1, 0.15) is 23.7 Å². The summed E-state index contributed by atoms with van der Waals surface area (Å²) in [6, 6.07) is 1.15. The Bertz CT molecular complexity index is 1370. The second-order valence-corrected chi connectivity index (χ2v) is 14.4. The summed E-state index contributed by atoms with van der Waals surface area (Å²) in [5.41, 5.74) is -3.97. The van der Waals surface area contributed by atoms with Gasteiger partial charge in [0.25, 0.3) is 5.56 Å². The topological polar surface area (TPSA) is 188 Å². The molecule has 2 aliphatic rings. The first kappa shape index (κ1) is 35.3. The summed E-state index contributed by atoms with van der Waals surface area (Å²) < 4.78 is 53.5. The van der Waals surface area contributed by atoms with Crippen molar-refractivity contribution >= 4 is 36.5 Å². The van der Waals surface area contributed by atoms with E-state index in [1.54, 1.807) is 41.5 Å². The van der Waals surface area contributed by atoms with E-state index in [4.69, 9.17) is 32.5 Å². The van der Waals surface area contributed by atoms with Crippen LogP contribution in [0.1, 0.15) is 54.7 Å². The van der Waals surface area contributed by atoms with E-state index in [-0.39, 0.29) is 17.5 Å². The number of carbonyl (C=O) groups is 3. The Kier molecular flexibility index (Phi) is 11.0. The molecule has 0 aromatic carbocycles. The Hall–Kier alpha value is -2.17. The number of nitrogens with one attached hydrogen (secondary N) is 1. The number of phosphoric acid groups is 1. The van der Waals surface area contributed by atoms with Crippen molar-refractivity contribution in [1.82, 2.24) is 9.55 Å². The molecule has 1 aromatic heterocycles. The van der Waals surface area contributed by atoms with Crippen LogP contribution in [0.15, 0.2) is 21.9 Å². The van der Waals surface area contributed by atoms with Crippen LogP contribution < -0.4 is 11.2 Å². The molecule has 0 spiro atoms. The monoisotopic (exact) mass is 650 g/mol. The number of thioether (sulfide) groups is 1. The third-order valence-corrected chi connectivity index (χ3v) is 9.31. The van der Waals surface area contributed by atoms with Crippen LogP contribution in [0, 0.1) is 10.8 Å². The Morgan fingerprint density at radius 2 is 1.77 bits per heavy atom. The molecular formula is C26H39N2O13PS. The molecule has 0 amide bonds. The number of ketones is 1. The van der Waals surface area contributed by atoms with E-state index in [1.165, 1.54) is 13.1 Å². The molecule has 242 valence electrons. The highest BCUT2D eigenvalue weighted by molar-refractivity contribution is 8.14.